The first kappa shape index (κ1) is 22.1. The zero-order chi connectivity index (χ0) is 24.1. The summed E-state index contributed by atoms with van der Waals surface area (Å²) in [4.78, 5) is 14.3. The number of nitrogens with one attached hydrogen (secondary N) is 1. The van der Waals surface area contributed by atoms with E-state index in [1.807, 2.05) is 6.20 Å². The third-order valence-corrected chi connectivity index (χ3v) is 8.08. The molecule has 2 fully saturated rings. The fraction of sp³-hybridized carbons (Fsp3) is 0.464. The molecule has 0 spiro atoms. The highest BCUT2D eigenvalue weighted by Crippen LogP contribution is 2.40. The molecule has 4 aromatic rings. The average Bonchev–Trinajstić information content (AvgIpc) is 3.47. The lowest BCUT2D eigenvalue weighted by molar-refractivity contribution is 0.0929. The van der Waals surface area contributed by atoms with Gasteiger partial charge in [0.15, 0.2) is 11.4 Å². The van der Waals surface area contributed by atoms with Gasteiger partial charge in [-0.15, -0.1) is 0 Å². The van der Waals surface area contributed by atoms with Gasteiger partial charge in [0, 0.05) is 41.5 Å². The van der Waals surface area contributed by atoms with Crippen LogP contribution in [-0.2, 0) is 0 Å². The topological polar surface area (TPSA) is 62.8 Å². The van der Waals surface area contributed by atoms with Crippen LogP contribution in [-0.4, -0.2) is 56.8 Å². The number of hydrogen-bond acceptors (Lipinski definition) is 4. The van der Waals surface area contributed by atoms with E-state index in [1.54, 1.807) is 18.0 Å². The molecule has 4 heterocycles. The fourth-order valence-electron chi connectivity index (χ4n) is 6.05. The molecule has 3 aromatic heterocycles. The summed E-state index contributed by atoms with van der Waals surface area (Å²) in [5.41, 5.74) is 6.84. The normalized spacial score (nSPS) is 21.5. The molecular formula is C28H32N6O. The van der Waals surface area contributed by atoms with Crippen LogP contribution in [0.5, 0.6) is 5.75 Å². The Kier molecular flexibility index (Phi) is 5.49. The number of aromatic amines is 1. The number of nitrogens with zero attached hydrogens (tertiary/aromatic N) is 5. The van der Waals surface area contributed by atoms with Crippen molar-refractivity contribution in [2.45, 2.75) is 63.5 Å². The van der Waals surface area contributed by atoms with Crippen molar-refractivity contribution >= 4 is 16.6 Å². The van der Waals surface area contributed by atoms with Crippen LogP contribution in [0, 0.1) is 6.57 Å². The van der Waals surface area contributed by atoms with Crippen LogP contribution in [0.4, 0.5) is 0 Å². The molecular weight excluding hydrogens is 436 g/mol. The summed E-state index contributed by atoms with van der Waals surface area (Å²) in [7, 11) is 1.67. The van der Waals surface area contributed by atoms with E-state index in [2.05, 4.69) is 62.9 Å². The van der Waals surface area contributed by atoms with Gasteiger partial charge in [-0.3, -0.25) is 4.90 Å². The van der Waals surface area contributed by atoms with Crippen LogP contribution in [0.1, 0.15) is 62.5 Å². The number of hydrogen-bond donors (Lipinski definition) is 1. The van der Waals surface area contributed by atoms with Gasteiger partial charge in [-0.25, -0.2) is 16.1 Å². The molecule has 0 amide bonds. The first-order valence-corrected chi connectivity index (χ1v) is 12.7. The summed E-state index contributed by atoms with van der Waals surface area (Å²) in [5.74, 6) is 1.68. The van der Waals surface area contributed by atoms with E-state index in [4.69, 9.17) is 11.3 Å². The smallest absolute Gasteiger partial charge is 0.226 e. The van der Waals surface area contributed by atoms with Gasteiger partial charge in [-0.05, 0) is 67.1 Å². The Morgan fingerprint density at radius 3 is 2.69 bits per heavy atom. The number of fused-ring (bicyclic) bond motifs is 2. The summed E-state index contributed by atoms with van der Waals surface area (Å²) in [5, 5.41) is 5.66. The van der Waals surface area contributed by atoms with Crippen molar-refractivity contribution in [2.24, 2.45) is 0 Å². The van der Waals surface area contributed by atoms with Gasteiger partial charge in [0.2, 0.25) is 6.04 Å². The molecule has 1 saturated carbocycles. The molecule has 7 nitrogen and oxygen atoms in total. The van der Waals surface area contributed by atoms with Crippen LogP contribution < -0.4 is 4.74 Å². The number of rotatable bonds is 5. The molecule has 1 aromatic carbocycles. The van der Waals surface area contributed by atoms with Crippen molar-refractivity contribution in [1.29, 1.82) is 0 Å². The zero-order valence-corrected chi connectivity index (χ0v) is 20.7. The van der Waals surface area contributed by atoms with Gasteiger partial charge in [0.1, 0.15) is 6.33 Å². The summed E-state index contributed by atoms with van der Waals surface area (Å²) in [6, 6.07) is 9.95. The molecule has 1 saturated heterocycles. The van der Waals surface area contributed by atoms with Gasteiger partial charge in [-0.2, -0.15) is 5.10 Å². The minimum atomic E-state index is 0.266. The molecule has 180 valence electrons. The first-order valence-electron chi connectivity index (χ1n) is 12.7. The van der Waals surface area contributed by atoms with Crippen molar-refractivity contribution in [1.82, 2.24) is 24.5 Å². The molecule has 1 aliphatic heterocycles. The van der Waals surface area contributed by atoms with Crippen molar-refractivity contribution < 1.29 is 4.74 Å². The van der Waals surface area contributed by atoms with Crippen LogP contribution in [0.25, 0.3) is 32.7 Å². The quantitative estimate of drug-likeness (QED) is 0.385. The van der Waals surface area contributed by atoms with E-state index >= 15 is 0 Å². The number of likely N-dealkylation sites (tertiary alicyclic amines) is 1. The lowest BCUT2D eigenvalue weighted by Crippen LogP contribution is -2.49. The minimum Gasteiger partial charge on any atom is -0.493 e. The van der Waals surface area contributed by atoms with Gasteiger partial charge in [0.25, 0.3) is 0 Å². The molecule has 1 N–H and O–H groups in total. The maximum absolute atomic E-state index is 7.22. The van der Waals surface area contributed by atoms with Gasteiger partial charge in [0.05, 0.1) is 12.8 Å². The zero-order valence-electron chi connectivity index (χ0n) is 20.7. The maximum Gasteiger partial charge on any atom is 0.226 e. The Morgan fingerprint density at radius 1 is 1.17 bits per heavy atom. The molecule has 6 rings (SSSR count). The Labute approximate surface area is 205 Å². The molecule has 1 aliphatic carbocycles. The maximum atomic E-state index is 7.22. The van der Waals surface area contributed by atoms with Crippen molar-refractivity contribution in [2.75, 3.05) is 20.2 Å². The van der Waals surface area contributed by atoms with Gasteiger partial charge < -0.3 is 14.6 Å². The van der Waals surface area contributed by atoms with E-state index in [0.717, 1.165) is 48.6 Å². The molecule has 0 radical (unpaired) electrons. The number of pyridine rings is 1. The monoisotopic (exact) mass is 468 g/mol. The van der Waals surface area contributed by atoms with Crippen molar-refractivity contribution in [3.63, 3.8) is 0 Å². The Balaban J connectivity index is 1.31. The number of methoxy groups -OCH3 is 1. The van der Waals surface area contributed by atoms with E-state index in [-0.39, 0.29) is 6.04 Å². The molecule has 35 heavy (non-hydrogen) atoms. The number of H-pyrrole nitrogens is 1. The second-order valence-corrected chi connectivity index (χ2v) is 10.4. The highest BCUT2D eigenvalue weighted by molar-refractivity contribution is 5.92. The summed E-state index contributed by atoms with van der Waals surface area (Å²) >= 11 is 0. The largest absolute Gasteiger partial charge is 0.493 e. The Bertz CT molecular complexity index is 1410. The molecule has 2 aliphatic rings. The second kappa shape index (κ2) is 8.69. The Morgan fingerprint density at radius 2 is 1.97 bits per heavy atom. The SMILES string of the molecule is [C-]#[N+]C1CC(N2CCC(c3ccc4[nH]c(-c5cc(OC)c6ncnn6c5)c(C(C)C)c4c3)CC2)C1. The third-order valence-electron chi connectivity index (χ3n) is 8.08. The average molecular weight is 469 g/mol. The van der Waals surface area contributed by atoms with Crippen LogP contribution in [0.15, 0.2) is 36.8 Å². The summed E-state index contributed by atoms with van der Waals surface area (Å²) in [6.07, 6.45) is 8.10. The standard InChI is InChI=1S/C28H32N6O/c1-17(2)26-23-11-19(18-7-9-33(10-8-18)22-13-21(14-22)29-3)5-6-24(23)32-27(26)20-12-25(35-4)28-30-16-31-34(28)15-20/h5-6,11-12,15-18,21-22,32H,7-10,13-14H2,1-2,4H3. The second-order valence-electron chi connectivity index (χ2n) is 10.4. The Hall–Kier alpha value is -3.37. The predicted molar refractivity (Wildman–Crippen MR) is 138 cm³/mol. The van der Waals surface area contributed by atoms with Crippen LogP contribution >= 0.6 is 0 Å². The lowest BCUT2D eigenvalue weighted by atomic mass is 9.82. The number of ether oxygens (including phenoxy) is 1. The van der Waals surface area contributed by atoms with Gasteiger partial charge in [-0.1, -0.05) is 19.9 Å². The number of benzene rings is 1. The minimum absolute atomic E-state index is 0.266. The molecule has 7 heteroatoms. The van der Waals surface area contributed by atoms with Crippen molar-refractivity contribution in [3.8, 4) is 17.0 Å². The molecule has 0 unspecified atom stereocenters. The van der Waals surface area contributed by atoms with Crippen LogP contribution in [0.3, 0.4) is 0 Å². The summed E-state index contributed by atoms with van der Waals surface area (Å²) in [6.45, 7) is 14.0. The van der Waals surface area contributed by atoms with E-state index in [9.17, 15) is 0 Å². The summed E-state index contributed by atoms with van der Waals surface area (Å²) < 4.78 is 7.40. The fourth-order valence-corrected chi connectivity index (χ4v) is 6.05. The van der Waals surface area contributed by atoms with E-state index < -0.39 is 0 Å². The predicted octanol–water partition coefficient (Wildman–Crippen LogP) is 5.64. The van der Waals surface area contributed by atoms with Gasteiger partial charge >= 0.3 is 0 Å². The van der Waals surface area contributed by atoms with E-state index in [1.165, 1.54) is 34.9 Å². The highest BCUT2D eigenvalue weighted by Gasteiger charge is 2.39. The number of piperidine rings is 1. The molecule has 0 atom stereocenters. The first-order chi connectivity index (χ1) is 17.1. The highest BCUT2D eigenvalue weighted by atomic mass is 16.5. The lowest BCUT2D eigenvalue weighted by Gasteiger charge is -2.42. The van der Waals surface area contributed by atoms with E-state index in [0.29, 0.717) is 17.9 Å². The third kappa shape index (κ3) is 3.77. The van der Waals surface area contributed by atoms with Crippen molar-refractivity contribution in [3.05, 3.63) is 59.3 Å². The molecule has 0 bridgehead atoms. The van der Waals surface area contributed by atoms with Crippen LogP contribution in [0.2, 0.25) is 0 Å². The number of aromatic nitrogens is 4.